The van der Waals surface area contributed by atoms with E-state index in [0.717, 1.165) is 10.8 Å². The van der Waals surface area contributed by atoms with Crippen LogP contribution in [0, 0.1) is 0 Å². The Morgan fingerprint density at radius 1 is 1.10 bits per heavy atom. The lowest BCUT2D eigenvalue weighted by Gasteiger charge is -2.18. The largest absolute Gasteiger partial charge is 0.433 e. The molecule has 11 nitrogen and oxygen atoms in total. The van der Waals surface area contributed by atoms with Gasteiger partial charge in [-0.15, -0.1) is 0 Å². The van der Waals surface area contributed by atoms with Crippen molar-refractivity contribution in [3.63, 3.8) is 0 Å². The molecule has 3 aromatic heterocycles. The van der Waals surface area contributed by atoms with Crippen LogP contribution in [0.3, 0.4) is 0 Å². The van der Waals surface area contributed by atoms with Crippen molar-refractivity contribution < 1.29 is 27.6 Å². The molecule has 39 heavy (non-hydrogen) atoms. The second-order valence-corrected chi connectivity index (χ2v) is 9.39. The van der Waals surface area contributed by atoms with Crippen molar-refractivity contribution in [2.45, 2.75) is 32.4 Å². The molecule has 0 atom stereocenters. The lowest BCUT2D eigenvalue weighted by Crippen LogP contribution is -2.37. The summed E-state index contributed by atoms with van der Waals surface area (Å²) in [7, 11) is 1.57. The van der Waals surface area contributed by atoms with Crippen LogP contribution in [0.25, 0.3) is 10.1 Å². The fourth-order valence-electron chi connectivity index (χ4n) is 4.13. The minimum atomic E-state index is -4.61. The zero-order valence-corrected chi connectivity index (χ0v) is 21.2. The molecule has 0 saturated heterocycles. The van der Waals surface area contributed by atoms with Gasteiger partial charge < -0.3 is 25.8 Å². The molecule has 5 rings (SSSR count). The molecule has 0 aliphatic carbocycles. The highest BCUT2D eigenvalue weighted by Gasteiger charge is 2.33. The number of aromatic nitrogens is 4. The van der Waals surface area contributed by atoms with Gasteiger partial charge in [-0.3, -0.25) is 14.4 Å². The van der Waals surface area contributed by atoms with Crippen LogP contribution in [0.5, 0.6) is 0 Å². The summed E-state index contributed by atoms with van der Waals surface area (Å²) in [6, 6.07) is 9.34. The number of imidazole rings is 1. The van der Waals surface area contributed by atoms with E-state index in [0.29, 0.717) is 16.6 Å². The Bertz CT molecular complexity index is 1600. The summed E-state index contributed by atoms with van der Waals surface area (Å²) in [5.74, 6) is -1.59. The average molecular weight is 559 g/mol. The number of pyridine rings is 1. The first-order valence-electron chi connectivity index (χ1n) is 11.7. The number of anilines is 1. The molecule has 4 aromatic rings. The Labute approximate surface area is 223 Å². The number of alkyl halides is 3. The fraction of sp³-hybridized carbons (Fsp3) is 0.250. The first-order valence-corrected chi connectivity index (χ1v) is 12.4. The van der Waals surface area contributed by atoms with E-state index in [1.54, 1.807) is 19.2 Å². The fourth-order valence-corrected chi connectivity index (χ4v) is 4.91. The van der Waals surface area contributed by atoms with Crippen molar-refractivity contribution in [3.05, 3.63) is 70.6 Å². The molecule has 1 aromatic carbocycles. The van der Waals surface area contributed by atoms with Gasteiger partial charge in [-0.05, 0) is 36.3 Å². The molecule has 4 heterocycles. The van der Waals surface area contributed by atoms with Crippen molar-refractivity contribution in [1.29, 1.82) is 0 Å². The van der Waals surface area contributed by atoms with Crippen LogP contribution < -0.4 is 21.3 Å². The number of hydrogen-bond acceptors (Lipinski definition) is 8. The molecule has 15 heteroatoms. The Hall–Kier alpha value is -4.37. The van der Waals surface area contributed by atoms with Gasteiger partial charge >= 0.3 is 6.18 Å². The zero-order valence-electron chi connectivity index (χ0n) is 20.3. The summed E-state index contributed by atoms with van der Waals surface area (Å²) in [5, 5.41) is 11.4. The minimum absolute atomic E-state index is 0.0294. The molecule has 0 saturated carbocycles. The third-order valence-electron chi connectivity index (χ3n) is 6.00. The van der Waals surface area contributed by atoms with Crippen LogP contribution in [-0.2, 0) is 37.1 Å². The second-order valence-electron chi connectivity index (χ2n) is 8.59. The standard InChI is InChI=1S/C24H21F3N8O3S/c1-28-9-14-12(6-7-17(31-14)24(25,26)27)8-30-23(38)21-32-20(15-10-29-18(36)11-35(15)21)33-22(37)19-13-4-2-3-5-16(13)39-34-19/h2-7,28H,8-11H2,1H3,(H,29,36)(H,30,38)(H,33,37). The van der Waals surface area contributed by atoms with Crippen LogP contribution in [0.1, 0.15) is 43.8 Å². The highest BCUT2D eigenvalue weighted by atomic mass is 32.1. The third kappa shape index (κ3) is 5.31. The summed E-state index contributed by atoms with van der Waals surface area (Å²) in [6.07, 6.45) is -4.61. The van der Waals surface area contributed by atoms with Crippen LogP contribution >= 0.6 is 11.5 Å². The van der Waals surface area contributed by atoms with Gasteiger partial charge in [-0.1, -0.05) is 24.3 Å². The number of benzene rings is 1. The van der Waals surface area contributed by atoms with Gasteiger partial charge in [0, 0.05) is 18.5 Å². The molecular formula is C24H21F3N8O3S. The summed E-state index contributed by atoms with van der Waals surface area (Å²) in [5.41, 5.74) is 0.0811. The smallest absolute Gasteiger partial charge is 0.349 e. The van der Waals surface area contributed by atoms with Crippen molar-refractivity contribution >= 4 is 45.2 Å². The number of fused-ring (bicyclic) bond motifs is 2. The van der Waals surface area contributed by atoms with Gasteiger partial charge in [0.25, 0.3) is 11.8 Å². The van der Waals surface area contributed by atoms with E-state index in [4.69, 9.17) is 0 Å². The highest BCUT2D eigenvalue weighted by molar-refractivity contribution is 7.13. The van der Waals surface area contributed by atoms with Crippen molar-refractivity contribution in [2.24, 2.45) is 0 Å². The topological polar surface area (TPSA) is 143 Å². The minimum Gasteiger partial charge on any atom is -0.349 e. The number of amides is 3. The summed E-state index contributed by atoms with van der Waals surface area (Å²) < 4.78 is 45.7. The van der Waals surface area contributed by atoms with Crippen molar-refractivity contribution in [2.75, 3.05) is 12.4 Å². The highest BCUT2D eigenvalue weighted by Crippen LogP contribution is 2.29. The van der Waals surface area contributed by atoms with Gasteiger partial charge in [0.05, 0.1) is 22.6 Å². The number of nitrogens with zero attached hydrogens (tertiary/aromatic N) is 4. The van der Waals surface area contributed by atoms with E-state index in [1.165, 1.54) is 22.2 Å². The average Bonchev–Trinajstić information content (AvgIpc) is 3.49. The van der Waals surface area contributed by atoms with Gasteiger partial charge in [-0.2, -0.15) is 17.5 Å². The van der Waals surface area contributed by atoms with E-state index in [9.17, 15) is 27.6 Å². The van der Waals surface area contributed by atoms with Crippen molar-refractivity contribution in [1.82, 2.24) is 34.9 Å². The predicted octanol–water partition coefficient (Wildman–Crippen LogP) is 2.44. The molecule has 0 bridgehead atoms. The first-order chi connectivity index (χ1) is 18.7. The van der Waals surface area contributed by atoms with Gasteiger partial charge in [0.2, 0.25) is 11.7 Å². The number of hydrogen-bond donors (Lipinski definition) is 4. The third-order valence-corrected chi connectivity index (χ3v) is 6.82. The lowest BCUT2D eigenvalue weighted by molar-refractivity contribution is -0.141. The Morgan fingerprint density at radius 2 is 1.90 bits per heavy atom. The number of carbonyl (C=O) groups excluding carboxylic acids is 3. The summed E-state index contributed by atoms with van der Waals surface area (Å²) >= 11 is 1.17. The summed E-state index contributed by atoms with van der Waals surface area (Å²) in [4.78, 5) is 46.2. The normalized spacial score (nSPS) is 13.2. The molecule has 3 amide bonds. The molecular weight excluding hydrogens is 537 g/mol. The lowest BCUT2D eigenvalue weighted by atomic mass is 10.1. The van der Waals surface area contributed by atoms with E-state index in [-0.39, 0.29) is 55.1 Å². The van der Waals surface area contributed by atoms with E-state index >= 15 is 0 Å². The van der Waals surface area contributed by atoms with Crippen LogP contribution in [0.4, 0.5) is 19.0 Å². The molecule has 0 fully saturated rings. The first kappa shape index (κ1) is 26.2. The predicted molar refractivity (Wildman–Crippen MR) is 135 cm³/mol. The molecule has 202 valence electrons. The molecule has 0 unspecified atom stereocenters. The quantitative estimate of drug-likeness (QED) is 0.273. The maximum Gasteiger partial charge on any atom is 0.433 e. The number of nitrogens with one attached hydrogen (secondary N) is 4. The van der Waals surface area contributed by atoms with Crippen molar-refractivity contribution in [3.8, 4) is 0 Å². The van der Waals surface area contributed by atoms with Gasteiger partial charge in [0.1, 0.15) is 17.9 Å². The zero-order chi connectivity index (χ0) is 27.7. The van der Waals surface area contributed by atoms with Crippen LogP contribution in [0.15, 0.2) is 36.4 Å². The Balaban J connectivity index is 1.39. The number of carbonyl (C=O) groups is 3. The monoisotopic (exact) mass is 558 g/mol. The SMILES string of the molecule is CNCc1nc(C(F)(F)F)ccc1CNC(=O)c1nc(NC(=O)c2nsc3ccccc23)c2n1CC(=O)NC2. The molecule has 1 aliphatic heterocycles. The maximum absolute atomic E-state index is 13.1. The van der Waals surface area contributed by atoms with E-state index < -0.39 is 23.7 Å². The van der Waals surface area contributed by atoms with Crippen LogP contribution in [0.2, 0.25) is 0 Å². The Morgan fingerprint density at radius 3 is 2.67 bits per heavy atom. The second kappa shape index (κ2) is 10.4. The van der Waals surface area contributed by atoms with E-state index in [2.05, 4.69) is 35.6 Å². The molecule has 1 aliphatic rings. The molecule has 4 N–H and O–H groups in total. The summed E-state index contributed by atoms with van der Waals surface area (Å²) in [6.45, 7) is -0.257. The van der Waals surface area contributed by atoms with E-state index in [1.807, 2.05) is 12.1 Å². The molecule has 0 radical (unpaired) electrons. The Kier molecular flexibility index (Phi) is 7.01. The van der Waals surface area contributed by atoms with Gasteiger partial charge in [0.15, 0.2) is 5.82 Å². The van der Waals surface area contributed by atoms with Crippen LogP contribution in [-0.4, -0.2) is 43.7 Å². The van der Waals surface area contributed by atoms with Gasteiger partial charge in [-0.25, -0.2) is 9.97 Å². The molecule has 0 spiro atoms. The number of rotatable bonds is 7. The number of halogens is 3. The maximum atomic E-state index is 13.1.